The predicted octanol–water partition coefficient (Wildman–Crippen LogP) is 2.90. The van der Waals surface area contributed by atoms with Gasteiger partial charge in [-0.05, 0) is 85.9 Å². The third kappa shape index (κ3) is 2.21. The quantitative estimate of drug-likeness (QED) is 0.761. The van der Waals surface area contributed by atoms with Crippen LogP contribution >= 0.6 is 0 Å². The minimum atomic E-state index is -0.297. The number of fused-ring (bicyclic) bond motifs is 5. The molecule has 9 atom stereocenters. The molecule has 136 valence electrons. The summed E-state index contributed by atoms with van der Waals surface area (Å²) in [5, 5.41) is 21.5. The summed E-state index contributed by atoms with van der Waals surface area (Å²) in [6.45, 7) is 5.22. The molecule has 0 radical (unpaired) electrons. The number of hydrogen-bond donors (Lipinski definition) is 2. The third-order valence-corrected chi connectivity index (χ3v) is 8.83. The van der Waals surface area contributed by atoms with Crippen LogP contribution in [0.25, 0.3) is 0 Å². The first-order valence-electron chi connectivity index (χ1n) is 9.85. The molecule has 4 fully saturated rings. The molecule has 4 unspecified atom stereocenters. The minimum Gasteiger partial charge on any atom is -0.465 e. The van der Waals surface area contributed by atoms with Gasteiger partial charge in [-0.3, -0.25) is 4.79 Å². The molecule has 4 aliphatic rings. The maximum atomic E-state index is 11.0. The van der Waals surface area contributed by atoms with Gasteiger partial charge in [0.05, 0.1) is 12.2 Å². The Hall–Kier alpha value is -0.610. The summed E-state index contributed by atoms with van der Waals surface area (Å²) in [5.74, 6) is 1.99. The van der Waals surface area contributed by atoms with E-state index in [0.29, 0.717) is 24.2 Å². The molecule has 4 heteroatoms. The second-order valence-corrected chi connectivity index (χ2v) is 9.56. The summed E-state index contributed by atoms with van der Waals surface area (Å²) in [6.07, 6.45) is 7.49. The smallest absolute Gasteiger partial charge is 0.293 e. The second-order valence-electron chi connectivity index (χ2n) is 9.56. The van der Waals surface area contributed by atoms with E-state index in [1.807, 2.05) is 0 Å². The Kier molecular flexibility index (Phi) is 4.00. The Morgan fingerprint density at radius 2 is 1.62 bits per heavy atom. The fourth-order valence-corrected chi connectivity index (χ4v) is 7.44. The number of carbonyl (C=O) groups excluding carboxylic acids is 1. The number of rotatable bonds is 2. The zero-order valence-electron chi connectivity index (χ0n) is 15.0. The van der Waals surface area contributed by atoms with E-state index in [4.69, 9.17) is 4.74 Å². The van der Waals surface area contributed by atoms with Gasteiger partial charge in [-0.25, -0.2) is 0 Å². The van der Waals surface area contributed by atoms with Crippen molar-refractivity contribution in [2.24, 2.45) is 34.5 Å². The molecular formula is C20H32O4. The SMILES string of the molecule is C[C@]12CCC(OC=O)CC1C(O)C[C@@H]1[C@H]2CC[C@]2(C)C(O)CC[C@@H]12. The molecule has 0 heterocycles. The molecule has 2 N–H and O–H groups in total. The monoisotopic (exact) mass is 336 g/mol. The fraction of sp³-hybridized carbons (Fsp3) is 0.950. The summed E-state index contributed by atoms with van der Waals surface area (Å²) in [6, 6.07) is 0. The van der Waals surface area contributed by atoms with Crippen LogP contribution in [0, 0.1) is 34.5 Å². The lowest BCUT2D eigenvalue weighted by Crippen LogP contribution is -2.58. The van der Waals surface area contributed by atoms with Crippen molar-refractivity contribution in [3.05, 3.63) is 0 Å². The highest BCUT2D eigenvalue weighted by Gasteiger charge is 2.62. The Bertz CT molecular complexity index is 508. The summed E-state index contributed by atoms with van der Waals surface area (Å²) >= 11 is 0. The van der Waals surface area contributed by atoms with E-state index in [9.17, 15) is 15.0 Å². The van der Waals surface area contributed by atoms with E-state index in [2.05, 4.69) is 13.8 Å². The van der Waals surface area contributed by atoms with E-state index >= 15 is 0 Å². The molecule has 0 aromatic heterocycles. The van der Waals surface area contributed by atoms with Gasteiger partial charge in [-0.1, -0.05) is 13.8 Å². The highest BCUT2D eigenvalue weighted by molar-refractivity contribution is 5.37. The predicted molar refractivity (Wildman–Crippen MR) is 90.1 cm³/mol. The van der Waals surface area contributed by atoms with Crippen LogP contribution in [0.15, 0.2) is 0 Å². The van der Waals surface area contributed by atoms with Crippen molar-refractivity contribution < 1.29 is 19.7 Å². The lowest BCUT2D eigenvalue weighted by molar-refractivity contribution is -0.180. The zero-order chi connectivity index (χ0) is 17.1. The summed E-state index contributed by atoms with van der Waals surface area (Å²) in [4.78, 5) is 10.7. The lowest BCUT2D eigenvalue weighted by atomic mass is 9.44. The minimum absolute atomic E-state index is 0.0195. The molecular weight excluding hydrogens is 304 g/mol. The lowest BCUT2D eigenvalue weighted by Gasteiger charge is -2.61. The van der Waals surface area contributed by atoms with Gasteiger partial charge in [0, 0.05) is 0 Å². The normalized spacial score (nSPS) is 56.8. The topological polar surface area (TPSA) is 66.8 Å². The van der Waals surface area contributed by atoms with Gasteiger partial charge in [0.2, 0.25) is 0 Å². The first-order chi connectivity index (χ1) is 11.4. The molecule has 4 rings (SSSR count). The average molecular weight is 336 g/mol. The van der Waals surface area contributed by atoms with Crippen molar-refractivity contribution in [2.75, 3.05) is 0 Å². The first kappa shape index (κ1) is 16.8. The van der Waals surface area contributed by atoms with Crippen molar-refractivity contribution in [2.45, 2.75) is 83.5 Å². The molecule has 0 saturated heterocycles. The van der Waals surface area contributed by atoms with Crippen LogP contribution in [0.4, 0.5) is 0 Å². The van der Waals surface area contributed by atoms with Crippen molar-refractivity contribution in [1.82, 2.24) is 0 Å². The maximum Gasteiger partial charge on any atom is 0.293 e. The van der Waals surface area contributed by atoms with E-state index in [1.165, 1.54) is 6.42 Å². The molecule has 4 aliphatic carbocycles. The number of aliphatic hydroxyl groups is 2. The van der Waals surface area contributed by atoms with E-state index in [-0.39, 0.29) is 35.1 Å². The van der Waals surface area contributed by atoms with Gasteiger partial charge in [-0.2, -0.15) is 0 Å². The van der Waals surface area contributed by atoms with Crippen molar-refractivity contribution in [3.8, 4) is 0 Å². The largest absolute Gasteiger partial charge is 0.465 e. The van der Waals surface area contributed by atoms with Gasteiger partial charge in [-0.15, -0.1) is 0 Å². The molecule has 0 aromatic rings. The van der Waals surface area contributed by atoms with Crippen LogP contribution in [-0.2, 0) is 9.53 Å². The fourth-order valence-electron chi connectivity index (χ4n) is 7.44. The van der Waals surface area contributed by atoms with Crippen LogP contribution in [0.2, 0.25) is 0 Å². The Morgan fingerprint density at radius 1 is 0.917 bits per heavy atom. The van der Waals surface area contributed by atoms with E-state index in [1.54, 1.807) is 0 Å². The zero-order valence-corrected chi connectivity index (χ0v) is 15.0. The van der Waals surface area contributed by atoms with Gasteiger partial charge in [0.25, 0.3) is 6.47 Å². The van der Waals surface area contributed by atoms with Crippen LogP contribution in [0.3, 0.4) is 0 Å². The maximum absolute atomic E-state index is 11.0. The average Bonchev–Trinajstić information content (AvgIpc) is 2.85. The van der Waals surface area contributed by atoms with Crippen LogP contribution in [-0.4, -0.2) is 35.0 Å². The molecule has 4 nitrogen and oxygen atoms in total. The van der Waals surface area contributed by atoms with Crippen LogP contribution in [0.5, 0.6) is 0 Å². The summed E-state index contributed by atoms with van der Waals surface area (Å²) in [5.41, 5.74) is 0.210. The molecule has 0 bridgehead atoms. The number of aliphatic hydroxyl groups excluding tert-OH is 2. The number of hydrogen-bond acceptors (Lipinski definition) is 4. The Labute approximate surface area is 145 Å². The van der Waals surface area contributed by atoms with Crippen LogP contribution < -0.4 is 0 Å². The van der Waals surface area contributed by atoms with Gasteiger partial charge < -0.3 is 14.9 Å². The standard InChI is InChI=1S/C20H32O4/c1-19-7-5-12(24-11-21)9-16(19)17(22)10-13-14-3-4-18(23)20(14,2)8-6-15(13)19/h11-18,22-23H,3-10H2,1-2H3/t12?,13-,14-,15+,16?,17?,18?,19+,20-/m0/s1. The Balaban J connectivity index is 1.61. The van der Waals surface area contributed by atoms with Crippen molar-refractivity contribution in [1.29, 1.82) is 0 Å². The molecule has 24 heavy (non-hydrogen) atoms. The van der Waals surface area contributed by atoms with Gasteiger partial charge in [0.15, 0.2) is 0 Å². The van der Waals surface area contributed by atoms with E-state index < -0.39 is 0 Å². The summed E-state index contributed by atoms with van der Waals surface area (Å²) < 4.78 is 5.24. The van der Waals surface area contributed by atoms with E-state index in [0.717, 1.165) is 44.9 Å². The van der Waals surface area contributed by atoms with Crippen LogP contribution in [0.1, 0.15) is 65.2 Å². The number of carbonyl (C=O) groups is 1. The van der Waals surface area contributed by atoms with Gasteiger partial charge >= 0.3 is 0 Å². The molecule has 0 aliphatic heterocycles. The summed E-state index contributed by atoms with van der Waals surface area (Å²) in [7, 11) is 0. The van der Waals surface area contributed by atoms with Crippen molar-refractivity contribution >= 4 is 6.47 Å². The third-order valence-electron chi connectivity index (χ3n) is 8.83. The molecule has 0 aromatic carbocycles. The van der Waals surface area contributed by atoms with Gasteiger partial charge in [0.1, 0.15) is 6.10 Å². The first-order valence-corrected chi connectivity index (χ1v) is 9.85. The molecule has 0 amide bonds. The number of ether oxygens (including phenoxy) is 1. The molecule has 0 spiro atoms. The van der Waals surface area contributed by atoms with Crippen molar-refractivity contribution in [3.63, 3.8) is 0 Å². The highest BCUT2D eigenvalue weighted by atomic mass is 16.5. The molecule has 4 saturated carbocycles. The highest BCUT2D eigenvalue weighted by Crippen LogP contribution is 2.66. The second kappa shape index (κ2) is 5.70. The Morgan fingerprint density at radius 3 is 2.38 bits per heavy atom.